The number of methoxy groups -OCH3 is 1. The second-order valence-electron chi connectivity index (χ2n) is 5.35. The van der Waals surface area contributed by atoms with Crippen molar-refractivity contribution >= 4 is 27.7 Å². The minimum atomic E-state index is -0.111. The molecule has 0 aliphatic carbocycles. The molecule has 0 spiro atoms. The molecule has 3 rings (SSSR count). The molecule has 0 fully saturated rings. The Hall–Kier alpha value is -2.35. The van der Waals surface area contributed by atoms with Crippen molar-refractivity contribution in [3.63, 3.8) is 0 Å². The first kappa shape index (κ1) is 16.5. The summed E-state index contributed by atoms with van der Waals surface area (Å²) in [7, 11) is 1.63. The van der Waals surface area contributed by atoms with E-state index in [9.17, 15) is 4.79 Å². The Morgan fingerprint density at radius 1 is 1.38 bits per heavy atom. The molecule has 2 N–H and O–H groups in total. The van der Waals surface area contributed by atoms with Crippen LogP contribution < -0.4 is 15.6 Å². The summed E-state index contributed by atoms with van der Waals surface area (Å²) in [5.74, 6) is 1.62. The van der Waals surface area contributed by atoms with Crippen molar-refractivity contribution in [1.82, 2.24) is 19.6 Å². The number of nitrogens with one attached hydrogen (secondary N) is 2. The quantitative estimate of drug-likeness (QED) is 0.698. The predicted octanol–water partition coefficient (Wildman–Crippen LogP) is 2.67. The Bertz CT molecular complexity index is 948. The highest BCUT2D eigenvalue weighted by Gasteiger charge is 2.12. The number of H-pyrrole nitrogens is 1. The number of aromatic nitrogens is 4. The lowest BCUT2D eigenvalue weighted by Gasteiger charge is -2.09. The van der Waals surface area contributed by atoms with Gasteiger partial charge in [-0.3, -0.25) is 9.89 Å². The molecule has 0 aliphatic rings. The smallest absolute Gasteiger partial charge is 0.277 e. The number of anilines is 1. The van der Waals surface area contributed by atoms with Gasteiger partial charge in [-0.1, -0.05) is 22.9 Å². The highest BCUT2D eigenvalue weighted by atomic mass is 79.9. The van der Waals surface area contributed by atoms with E-state index in [4.69, 9.17) is 4.74 Å². The van der Waals surface area contributed by atoms with Gasteiger partial charge in [0.2, 0.25) is 5.95 Å². The second kappa shape index (κ2) is 6.64. The monoisotopic (exact) mass is 391 g/mol. The number of benzene rings is 1. The standard InChI is InChI=1S/C16H18BrN5O2/c1-4-12-9(2)19-16-20-15(21-22(16)14(12)23)18-8-10-7-11(17)5-6-13(10)24-3/h5-7H,4,8H2,1-3H3,(H2,18,19,20,21). The maximum Gasteiger partial charge on any atom is 0.277 e. The molecule has 0 saturated heterocycles. The van der Waals surface area contributed by atoms with Crippen molar-refractivity contribution in [2.45, 2.75) is 26.8 Å². The topological polar surface area (TPSA) is 84.3 Å². The Morgan fingerprint density at radius 3 is 2.88 bits per heavy atom. The van der Waals surface area contributed by atoms with Crippen LogP contribution in [0.25, 0.3) is 5.78 Å². The fraction of sp³-hybridized carbons (Fsp3) is 0.312. The molecule has 3 aromatic rings. The minimum absolute atomic E-state index is 0.111. The van der Waals surface area contributed by atoms with Crippen LogP contribution in [0.4, 0.5) is 5.95 Å². The summed E-state index contributed by atoms with van der Waals surface area (Å²) in [6.07, 6.45) is 0.637. The molecule has 126 valence electrons. The van der Waals surface area contributed by atoms with Gasteiger partial charge < -0.3 is 10.1 Å². The number of aryl methyl sites for hydroxylation is 1. The number of hydrogen-bond acceptors (Lipinski definition) is 5. The highest BCUT2D eigenvalue weighted by molar-refractivity contribution is 9.10. The lowest BCUT2D eigenvalue weighted by atomic mass is 10.2. The van der Waals surface area contributed by atoms with E-state index in [0.717, 1.165) is 15.8 Å². The van der Waals surface area contributed by atoms with Crippen molar-refractivity contribution in [3.8, 4) is 5.75 Å². The van der Waals surface area contributed by atoms with Crippen molar-refractivity contribution in [2.24, 2.45) is 0 Å². The van der Waals surface area contributed by atoms with Gasteiger partial charge >= 0.3 is 0 Å². The van der Waals surface area contributed by atoms with Gasteiger partial charge in [-0.25, -0.2) is 4.98 Å². The second-order valence-corrected chi connectivity index (χ2v) is 6.27. The number of fused-ring (bicyclic) bond motifs is 1. The molecule has 0 unspecified atom stereocenters. The molecule has 0 aliphatic heterocycles. The van der Waals surface area contributed by atoms with Gasteiger partial charge in [0, 0.05) is 22.1 Å². The normalized spacial score (nSPS) is 11.0. The fourth-order valence-electron chi connectivity index (χ4n) is 2.61. The molecule has 0 bridgehead atoms. The Balaban J connectivity index is 1.90. The molecule has 0 atom stereocenters. The summed E-state index contributed by atoms with van der Waals surface area (Å²) >= 11 is 3.45. The van der Waals surface area contributed by atoms with E-state index in [-0.39, 0.29) is 5.56 Å². The zero-order valence-corrected chi connectivity index (χ0v) is 15.3. The van der Waals surface area contributed by atoms with Gasteiger partial charge in [0.05, 0.1) is 12.8 Å². The van der Waals surface area contributed by atoms with Crippen LogP contribution in [-0.4, -0.2) is 26.7 Å². The fourth-order valence-corrected chi connectivity index (χ4v) is 3.01. The lowest BCUT2D eigenvalue weighted by molar-refractivity contribution is 0.410. The van der Waals surface area contributed by atoms with Crippen LogP contribution in [0.2, 0.25) is 0 Å². The van der Waals surface area contributed by atoms with Crippen LogP contribution in [-0.2, 0) is 13.0 Å². The summed E-state index contributed by atoms with van der Waals surface area (Å²) in [6, 6.07) is 5.78. The molecule has 8 heteroatoms. The molecule has 0 radical (unpaired) electrons. The van der Waals surface area contributed by atoms with Gasteiger partial charge in [-0.2, -0.15) is 9.50 Å². The molecule has 7 nitrogen and oxygen atoms in total. The number of nitrogens with zero attached hydrogens (tertiary/aromatic N) is 3. The molecule has 0 amide bonds. The van der Waals surface area contributed by atoms with Crippen LogP contribution in [0.1, 0.15) is 23.7 Å². The first-order valence-electron chi connectivity index (χ1n) is 7.58. The van der Waals surface area contributed by atoms with E-state index < -0.39 is 0 Å². The van der Waals surface area contributed by atoms with Gasteiger partial charge in [0.25, 0.3) is 11.3 Å². The van der Waals surface area contributed by atoms with E-state index in [1.54, 1.807) is 7.11 Å². The van der Waals surface area contributed by atoms with Crippen LogP contribution >= 0.6 is 15.9 Å². The molecular weight excluding hydrogens is 374 g/mol. The van der Waals surface area contributed by atoms with Gasteiger partial charge in [-0.05, 0) is 31.5 Å². The van der Waals surface area contributed by atoms with Crippen LogP contribution in [0, 0.1) is 6.92 Å². The SMILES string of the molecule is CCc1c(C)nc2nc(NCc3cc(Br)ccc3OC)[nH]n2c1=O. The molecule has 24 heavy (non-hydrogen) atoms. The molecule has 1 aromatic carbocycles. The van der Waals surface area contributed by atoms with Crippen molar-refractivity contribution in [3.05, 3.63) is 49.8 Å². The number of aromatic amines is 1. The summed E-state index contributed by atoms with van der Waals surface area (Å²) < 4.78 is 7.68. The minimum Gasteiger partial charge on any atom is -0.496 e. The van der Waals surface area contributed by atoms with E-state index in [1.807, 2.05) is 32.0 Å². The average Bonchev–Trinajstić information content (AvgIpc) is 2.96. The van der Waals surface area contributed by atoms with Crippen LogP contribution in [0.3, 0.4) is 0 Å². The number of hydrogen-bond donors (Lipinski definition) is 2. The third-order valence-electron chi connectivity index (χ3n) is 3.84. The third kappa shape index (κ3) is 3.01. The Kier molecular flexibility index (Phi) is 4.57. The van der Waals surface area contributed by atoms with Gasteiger partial charge in [-0.15, -0.1) is 0 Å². The maximum absolute atomic E-state index is 12.4. The first-order chi connectivity index (χ1) is 11.5. The molecule has 2 heterocycles. The maximum atomic E-state index is 12.4. The van der Waals surface area contributed by atoms with Crippen molar-refractivity contribution in [2.75, 3.05) is 12.4 Å². The van der Waals surface area contributed by atoms with E-state index in [1.165, 1.54) is 4.52 Å². The summed E-state index contributed by atoms with van der Waals surface area (Å²) in [6.45, 7) is 4.26. The van der Waals surface area contributed by atoms with Crippen molar-refractivity contribution in [1.29, 1.82) is 0 Å². The van der Waals surface area contributed by atoms with E-state index >= 15 is 0 Å². The molecule has 2 aromatic heterocycles. The van der Waals surface area contributed by atoms with Gasteiger partial charge in [0.15, 0.2) is 0 Å². The largest absolute Gasteiger partial charge is 0.496 e. The number of rotatable bonds is 5. The number of halogens is 1. The van der Waals surface area contributed by atoms with Crippen molar-refractivity contribution < 1.29 is 4.74 Å². The molecular formula is C16H18BrN5O2. The first-order valence-corrected chi connectivity index (χ1v) is 8.37. The summed E-state index contributed by atoms with van der Waals surface area (Å²) in [5, 5.41) is 6.12. The average molecular weight is 392 g/mol. The van der Waals surface area contributed by atoms with E-state index in [2.05, 4.69) is 36.3 Å². The zero-order chi connectivity index (χ0) is 17.3. The van der Waals surface area contributed by atoms with Crippen LogP contribution in [0.5, 0.6) is 5.75 Å². The lowest BCUT2D eigenvalue weighted by Crippen LogP contribution is -2.21. The van der Waals surface area contributed by atoms with Gasteiger partial charge in [0.1, 0.15) is 5.75 Å². The Morgan fingerprint density at radius 2 is 2.17 bits per heavy atom. The third-order valence-corrected chi connectivity index (χ3v) is 4.33. The predicted molar refractivity (Wildman–Crippen MR) is 95.7 cm³/mol. The Labute approximate surface area is 147 Å². The van der Waals surface area contributed by atoms with E-state index in [0.29, 0.717) is 35.9 Å². The van der Waals surface area contributed by atoms with Crippen LogP contribution in [0.15, 0.2) is 27.5 Å². The molecule has 0 saturated carbocycles. The zero-order valence-electron chi connectivity index (χ0n) is 13.7. The summed E-state index contributed by atoms with van der Waals surface area (Å²) in [4.78, 5) is 21.1. The highest BCUT2D eigenvalue weighted by Crippen LogP contribution is 2.23. The summed E-state index contributed by atoms with van der Waals surface area (Å²) in [5.41, 5.74) is 2.27. The number of ether oxygens (including phenoxy) is 1.